The van der Waals surface area contributed by atoms with E-state index in [0.29, 0.717) is 5.91 Å². The van der Waals surface area contributed by atoms with Gasteiger partial charge in [0.2, 0.25) is 5.91 Å². The Kier molecular flexibility index (Phi) is 9.39. The molecule has 1 aromatic rings. The molecule has 2 aliphatic rings. The largest absolute Gasteiger partial charge is 0.341 e. The van der Waals surface area contributed by atoms with Gasteiger partial charge in [-0.15, -0.1) is 24.8 Å². The third kappa shape index (κ3) is 5.85. The molecule has 1 aliphatic carbocycles. The van der Waals surface area contributed by atoms with Crippen molar-refractivity contribution in [3.8, 4) is 0 Å². The molecule has 4 nitrogen and oxygen atoms in total. The van der Waals surface area contributed by atoms with Crippen LogP contribution in [0.3, 0.4) is 0 Å². The van der Waals surface area contributed by atoms with Crippen LogP contribution in [-0.4, -0.2) is 47.4 Å². The summed E-state index contributed by atoms with van der Waals surface area (Å²) in [6.07, 6.45) is 5.26. The fourth-order valence-corrected chi connectivity index (χ4v) is 4.18. The first kappa shape index (κ1) is 23.2. The summed E-state index contributed by atoms with van der Waals surface area (Å²) in [4.78, 5) is 17.6. The summed E-state index contributed by atoms with van der Waals surface area (Å²) in [5.74, 6) is 0.299. The van der Waals surface area contributed by atoms with Crippen molar-refractivity contribution in [2.75, 3.05) is 26.2 Å². The van der Waals surface area contributed by atoms with Crippen LogP contribution in [0.25, 0.3) is 0 Å². The lowest BCUT2D eigenvalue weighted by atomic mass is 9.74. The fourth-order valence-electron chi connectivity index (χ4n) is 4.18. The highest BCUT2D eigenvalue weighted by Crippen LogP contribution is 2.33. The first-order valence-electron chi connectivity index (χ1n) is 9.40. The summed E-state index contributed by atoms with van der Waals surface area (Å²) in [5, 5.41) is 0. The second-order valence-electron chi connectivity index (χ2n) is 7.74. The van der Waals surface area contributed by atoms with Gasteiger partial charge in [0, 0.05) is 38.3 Å². The molecule has 1 saturated heterocycles. The average Bonchev–Trinajstić information content (AvgIpc) is 2.80. The molecule has 1 amide bonds. The molecule has 1 saturated carbocycles. The van der Waals surface area contributed by atoms with Crippen LogP contribution in [0.4, 0.5) is 0 Å². The summed E-state index contributed by atoms with van der Waals surface area (Å²) in [6.45, 7) is 6.75. The summed E-state index contributed by atoms with van der Waals surface area (Å²) >= 11 is 0. The smallest absolute Gasteiger partial charge is 0.227 e. The number of rotatable bonds is 3. The predicted molar refractivity (Wildman–Crippen MR) is 112 cm³/mol. The van der Waals surface area contributed by atoms with Gasteiger partial charge in [-0.2, -0.15) is 0 Å². The molecule has 2 unspecified atom stereocenters. The van der Waals surface area contributed by atoms with E-state index in [1.807, 2.05) is 0 Å². The zero-order valence-corrected chi connectivity index (χ0v) is 17.4. The van der Waals surface area contributed by atoms with E-state index in [-0.39, 0.29) is 36.3 Å². The summed E-state index contributed by atoms with van der Waals surface area (Å²) in [7, 11) is 0. The predicted octanol–water partition coefficient (Wildman–Crippen LogP) is 3.47. The van der Waals surface area contributed by atoms with Gasteiger partial charge in [-0.25, -0.2) is 0 Å². The molecule has 2 fully saturated rings. The van der Waals surface area contributed by atoms with Gasteiger partial charge in [0.05, 0.1) is 5.92 Å². The number of halogens is 2. The molecule has 0 aromatic heterocycles. The van der Waals surface area contributed by atoms with Crippen molar-refractivity contribution in [3.05, 3.63) is 35.9 Å². The molecule has 1 heterocycles. The van der Waals surface area contributed by atoms with Crippen LogP contribution in [0.15, 0.2) is 30.3 Å². The molecule has 1 aromatic carbocycles. The van der Waals surface area contributed by atoms with Crippen LogP contribution in [0.2, 0.25) is 0 Å². The van der Waals surface area contributed by atoms with E-state index >= 15 is 0 Å². The lowest BCUT2D eigenvalue weighted by Gasteiger charge is -2.39. The molecule has 0 bridgehead atoms. The number of hydrogen-bond acceptors (Lipinski definition) is 3. The van der Waals surface area contributed by atoms with Crippen molar-refractivity contribution in [1.29, 1.82) is 0 Å². The quantitative estimate of drug-likeness (QED) is 0.842. The van der Waals surface area contributed by atoms with Gasteiger partial charge in [-0.1, -0.05) is 43.2 Å². The minimum Gasteiger partial charge on any atom is -0.341 e. The Balaban J connectivity index is 0.00000169. The molecule has 6 heteroatoms. The summed E-state index contributed by atoms with van der Waals surface area (Å²) in [6, 6.07) is 10.6. The molecule has 26 heavy (non-hydrogen) atoms. The van der Waals surface area contributed by atoms with Crippen LogP contribution in [-0.2, 0) is 11.3 Å². The van der Waals surface area contributed by atoms with Gasteiger partial charge < -0.3 is 10.6 Å². The topological polar surface area (TPSA) is 49.6 Å². The van der Waals surface area contributed by atoms with Crippen molar-refractivity contribution < 1.29 is 4.79 Å². The van der Waals surface area contributed by atoms with E-state index in [1.54, 1.807) is 0 Å². The van der Waals surface area contributed by atoms with Crippen molar-refractivity contribution in [1.82, 2.24) is 9.80 Å². The van der Waals surface area contributed by atoms with E-state index in [0.717, 1.165) is 64.8 Å². The monoisotopic (exact) mass is 401 g/mol. The Labute approximate surface area is 170 Å². The lowest BCUT2D eigenvalue weighted by molar-refractivity contribution is -0.138. The first-order chi connectivity index (χ1) is 11.6. The lowest BCUT2D eigenvalue weighted by Crippen LogP contribution is -2.54. The molecule has 0 radical (unpaired) electrons. The van der Waals surface area contributed by atoms with E-state index < -0.39 is 0 Å². The Morgan fingerprint density at radius 3 is 2.50 bits per heavy atom. The van der Waals surface area contributed by atoms with Crippen LogP contribution in [0.1, 0.15) is 44.6 Å². The number of hydrogen-bond donors (Lipinski definition) is 1. The molecular formula is C20H33Cl2N3O. The van der Waals surface area contributed by atoms with Crippen molar-refractivity contribution in [2.24, 2.45) is 11.7 Å². The summed E-state index contributed by atoms with van der Waals surface area (Å²) in [5.41, 5.74) is 7.46. The standard InChI is InChI=1S/C20H31N3O.2ClH/c1-20(21)11-6-5-10-18(20)19(24)23-13-7-12-22(14-15-23)16-17-8-3-2-4-9-17;;/h2-4,8-9,18H,5-7,10-16,21H2,1H3;2*1H. The Morgan fingerprint density at radius 1 is 1.08 bits per heavy atom. The number of amides is 1. The van der Waals surface area contributed by atoms with E-state index in [1.165, 1.54) is 5.56 Å². The third-order valence-electron chi connectivity index (χ3n) is 5.70. The van der Waals surface area contributed by atoms with Gasteiger partial charge in [-0.3, -0.25) is 9.69 Å². The Morgan fingerprint density at radius 2 is 1.81 bits per heavy atom. The van der Waals surface area contributed by atoms with Gasteiger partial charge in [0.15, 0.2) is 0 Å². The maximum absolute atomic E-state index is 13.0. The van der Waals surface area contributed by atoms with Gasteiger partial charge in [0.25, 0.3) is 0 Å². The third-order valence-corrected chi connectivity index (χ3v) is 5.70. The van der Waals surface area contributed by atoms with E-state index in [4.69, 9.17) is 5.73 Å². The minimum atomic E-state index is -0.328. The maximum atomic E-state index is 13.0. The molecule has 0 spiro atoms. The highest BCUT2D eigenvalue weighted by Gasteiger charge is 2.39. The Hall–Kier alpha value is -0.810. The van der Waals surface area contributed by atoms with Crippen LogP contribution < -0.4 is 5.73 Å². The van der Waals surface area contributed by atoms with Gasteiger partial charge in [0.1, 0.15) is 0 Å². The number of nitrogens with zero attached hydrogens (tertiary/aromatic N) is 2. The van der Waals surface area contributed by atoms with Gasteiger partial charge >= 0.3 is 0 Å². The second kappa shape index (κ2) is 10.5. The zero-order valence-electron chi connectivity index (χ0n) is 15.7. The average molecular weight is 402 g/mol. The first-order valence-corrected chi connectivity index (χ1v) is 9.40. The minimum absolute atomic E-state index is 0. The van der Waals surface area contributed by atoms with E-state index in [2.05, 4.69) is 47.1 Å². The van der Waals surface area contributed by atoms with Crippen LogP contribution in [0, 0.1) is 5.92 Å². The highest BCUT2D eigenvalue weighted by atomic mass is 35.5. The highest BCUT2D eigenvalue weighted by molar-refractivity contribution is 5.85. The maximum Gasteiger partial charge on any atom is 0.227 e. The van der Waals surface area contributed by atoms with Crippen molar-refractivity contribution >= 4 is 30.7 Å². The molecular weight excluding hydrogens is 369 g/mol. The van der Waals surface area contributed by atoms with Crippen LogP contribution >= 0.6 is 24.8 Å². The molecule has 2 atom stereocenters. The van der Waals surface area contributed by atoms with Crippen LogP contribution in [0.5, 0.6) is 0 Å². The zero-order chi connectivity index (χ0) is 17.0. The molecule has 2 N–H and O–H groups in total. The van der Waals surface area contributed by atoms with Crippen molar-refractivity contribution in [2.45, 2.75) is 51.1 Å². The normalized spacial score (nSPS) is 27.0. The Bertz CT molecular complexity index is 553. The number of nitrogens with two attached hydrogens (primary N) is 1. The summed E-state index contributed by atoms with van der Waals surface area (Å²) < 4.78 is 0. The van der Waals surface area contributed by atoms with Gasteiger partial charge in [-0.05, 0) is 31.7 Å². The van der Waals surface area contributed by atoms with E-state index in [9.17, 15) is 4.79 Å². The second-order valence-corrected chi connectivity index (χ2v) is 7.74. The number of carbonyl (C=O) groups is 1. The van der Waals surface area contributed by atoms with Crippen molar-refractivity contribution in [3.63, 3.8) is 0 Å². The number of benzene rings is 1. The number of carbonyl (C=O) groups excluding carboxylic acids is 1. The molecule has 3 rings (SSSR count). The molecule has 1 aliphatic heterocycles. The fraction of sp³-hybridized carbons (Fsp3) is 0.650. The molecule has 148 valence electrons. The SMILES string of the molecule is CC1(N)CCCCC1C(=O)N1CCCN(Cc2ccccc2)CC1.Cl.Cl.